The molecule has 0 bridgehead atoms. The Morgan fingerprint density at radius 1 is 0.640 bits per heavy atom. The third-order valence-electron chi connectivity index (χ3n) is 14.9. The number of piperidine rings is 2. The topological polar surface area (TPSA) is 161 Å². The first-order valence-corrected chi connectivity index (χ1v) is 25.5. The Labute approximate surface area is 470 Å². The molecule has 16 heteroatoms. The molecule has 6 aromatic rings. The molecule has 10 rings (SSSR count). The average Bonchev–Trinajstić information content (AvgIpc) is 3.99. The van der Waals surface area contributed by atoms with Gasteiger partial charge in [0.25, 0.3) is 0 Å². The molecule has 1 amide bonds. The van der Waals surface area contributed by atoms with Gasteiger partial charge < -0.3 is 48.1 Å². The van der Waals surface area contributed by atoms with Crippen molar-refractivity contribution in [3.63, 3.8) is 0 Å². The zero-order valence-electron chi connectivity index (χ0n) is 44.7. The molecule has 2 unspecified atom stereocenters. The smallest absolute Gasteiger partial charge is 0.410 e. The summed E-state index contributed by atoms with van der Waals surface area (Å²) in [6.45, 7) is 12.1. The molecule has 1 N–H and O–H groups in total. The normalized spacial score (nSPS) is 18.8. The number of hydrogen-bond acceptors (Lipinski definition) is 13. The third kappa shape index (κ3) is 14.7. The van der Waals surface area contributed by atoms with Gasteiger partial charge in [0.15, 0.2) is 0 Å². The SMILES string of the molecule is CN(CCOc1ccc2c(ccc3occ(C4CCC(=O)CC4=O)c32)c1)C1CCN(C(=O)OC(C)(C)C)CC1.CN(CCOc1ccc2c(ccc3occ(C4CCC(=O)CC4=O)c32)c1)C1CCNCC1.[CH3-].[CH3-].[W].[W]. The molecule has 0 radical (unpaired) electrons. The molecule has 2 saturated heterocycles. The number of likely N-dealkylation sites (tertiary alicyclic amines) is 1. The van der Waals surface area contributed by atoms with Gasteiger partial charge in [0, 0.05) is 127 Å². The molecule has 4 aromatic carbocycles. The van der Waals surface area contributed by atoms with Crippen molar-refractivity contribution < 1.29 is 89.1 Å². The van der Waals surface area contributed by atoms with Gasteiger partial charge in [-0.25, -0.2) is 4.79 Å². The summed E-state index contributed by atoms with van der Waals surface area (Å²) in [5.74, 6) is 1.12. The van der Waals surface area contributed by atoms with Crippen molar-refractivity contribution in [3.05, 3.63) is 99.2 Å². The van der Waals surface area contributed by atoms with Crippen LogP contribution >= 0.6 is 0 Å². The maximum absolute atomic E-state index is 12.6. The number of benzene rings is 4. The number of amides is 1. The second-order valence-electron chi connectivity index (χ2n) is 20.9. The number of hydrogen-bond donors (Lipinski definition) is 1. The molecule has 2 atom stereocenters. The van der Waals surface area contributed by atoms with Gasteiger partial charge in [-0.2, -0.15) is 0 Å². The molecule has 4 aliphatic rings. The number of nitrogens with zero attached hydrogens (tertiary/aromatic N) is 3. The number of ether oxygens (including phenoxy) is 3. The summed E-state index contributed by atoms with van der Waals surface area (Å²) in [7, 11) is 4.28. The fraction of sp³-hybridized carbons (Fsp3) is 0.475. The van der Waals surface area contributed by atoms with Gasteiger partial charge in [0.1, 0.15) is 64.6 Å². The van der Waals surface area contributed by atoms with E-state index in [9.17, 15) is 24.0 Å². The molecular weight excluding hydrogens is 1290 g/mol. The van der Waals surface area contributed by atoms with Crippen LogP contribution in [0.5, 0.6) is 11.5 Å². The zero-order valence-corrected chi connectivity index (χ0v) is 50.6. The molecular formula is C59H74N4O10W2-2. The van der Waals surface area contributed by atoms with E-state index in [2.05, 4.69) is 41.3 Å². The van der Waals surface area contributed by atoms with E-state index in [1.165, 1.54) is 12.8 Å². The van der Waals surface area contributed by atoms with Gasteiger partial charge in [-0.3, -0.25) is 29.0 Å². The van der Waals surface area contributed by atoms with E-state index in [1.54, 1.807) is 17.4 Å². The average molecular weight is 1370 g/mol. The van der Waals surface area contributed by atoms with Crippen molar-refractivity contribution in [2.75, 3.05) is 66.6 Å². The van der Waals surface area contributed by atoms with Gasteiger partial charge in [-0.15, -0.1) is 0 Å². The first-order valence-electron chi connectivity index (χ1n) is 25.5. The van der Waals surface area contributed by atoms with Crippen LogP contribution in [0.25, 0.3) is 43.5 Å². The maximum atomic E-state index is 12.6. The maximum Gasteiger partial charge on any atom is 0.410 e. The molecule has 2 aliphatic carbocycles. The molecule has 14 nitrogen and oxygen atoms in total. The van der Waals surface area contributed by atoms with Crippen molar-refractivity contribution in [2.45, 2.75) is 114 Å². The molecule has 2 aromatic heterocycles. The second-order valence-corrected chi connectivity index (χ2v) is 20.9. The second kappa shape index (κ2) is 27.1. The van der Waals surface area contributed by atoms with Crippen LogP contribution in [0.4, 0.5) is 4.79 Å². The Morgan fingerprint density at radius 3 is 1.51 bits per heavy atom. The van der Waals surface area contributed by atoms with Gasteiger partial charge >= 0.3 is 6.09 Å². The third-order valence-corrected chi connectivity index (χ3v) is 14.9. The van der Waals surface area contributed by atoms with Crippen LogP contribution in [0, 0.1) is 14.9 Å². The number of likely N-dealkylation sites (N-methyl/N-ethyl adjacent to an activating group) is 2. The molecule has 0 spiro atoms. The predicted molar refractivity (Wildman–Crippen MR) is 286 cm³/mol. The molecule has 2 aliphatic heterocycles. The minimum absolute atomic E-state index is 0. The number of rotatable bonds is 12. The quantitative estimate of drug-likeness (QED) is 0.0911. The Hall–Kier alpha value is -4.71. The number of carbonyl (C=O) groups excluding carboxylic acids is 5. The van der Waals surface area contributed by atoms with Gasteiger partial charge in [-0.1, -0.05) is 12.1 Å². The van der Waals surface area contributed by atoms with E-state index in [-0.39, 0.29) is 111 Å². The number of ketones is 4. The predicted octanol–water partition coefficient (Wildman–Crippen LogP) is 10.7. The fourth-order valence-electron chi connectivity index (χ4n) is 10.9. The number of furan rings is 2. The summed E-state index contributed by atoms with van der Waals surface area (Å²) in [5.41, 5.74) is 2.82. The van der Waals surface area contributed by atoms with E-state index in [0.717, 1.165) is 105 Å². The summed E-state index contributed by atoms with van der Waals surface area (Å²) in [5, 5.41) is 9.48. The molecule has 2 saturated carbocycles. The van der Waals surface area contributed by atoms with E-state index in [0.29, 0.717) is 64.1 Å². The van der Waals surface area contributed by atoms with Crippen LogP contribution in [0.1, 0.15) is 108 Å². The Balaban J connectivity index is 0.000000268. The van der Waals surface area contributed by atoms with Crippen LogP contribution in [0.15, 0.2) is 82.0 Å². The monoisotopic (exact) mass is 1370 g/mol. The van der Waals surface area contributed by atoms with Crippen molar-refractivity contribution in [1.82, 2.24) is 20.0 Å². The van der Waals surface area contributed by atoms with E-state index in [1.807, 2.05) is 69.3 Å². The largest absolute Gasteiger partial charge is 0.492 e. The summed E-state index contributed by atoms with van der Waals surface area (Å²) in [4.78, 5) is 67.4. The Morgan fingerprint density at radius 2 is 1.08 bits per heavy atom. The van der Waals surface area contributed by atoms with Crippen molar-refractivity contribution in [1.29, 1.82) is 0 Å². The molecule has 4 fully saturated rings. The standard InChI is InChI=1S/C31H38N2O6.C26H30N2O4.2CH3.2W/c1-31(2,3)39-30(36)33-13-11-21(12-14-33)32(4)15-16-37-23-7-9-24-20(17-23)5-10-28-29(24)26(19-38-28)25-8-6-22(34)18-27(25)35;1-28(18-8-10-27-11-9-18)12-13-31-20-4-6-21-17(14-20)2-7-25-26(21)23(16-32-25)22-5-3-19(29)15-24(22)30;;;;/h5,7,9-10,17,19,21,25H,6,8,11-16,18H2,1-4H3;2,4,6-7,14,16,18,22,27H,3,5,8-13,15H2,1H3;2*1H3;;/q;;2*-1;;. The number of nitrogens with one attached hydrogen (secondary N) is 1. The van der Waals surface area contributed by atoms with Crippen LogP contribution in [0.3, 0.4) is 0 Å². The summed E-state index contributed by atoms with van der Waals surface area (Å²) >= 11 is 0. The van der Waals surface area contributed by atoms with Crippen molar-refractivity contribution in [2.24, 2.45) is 0 Å². The van der Waals surface area contributed by atoms with E-state index in [4.69, 9.17) is 23.0 Å². The van der Waals surface area contributed by atoms with E-state index < -0.39 is 5.60 Å². The van der Waals surface area contributed by atoms with Gasteiger partial charge in [-0.05, 0) is 157 Å². The first-order chi connectivity index (χ1) is 34.2. The van der Waals surface area contributed by atoms with Gasteiger partial charge in [0.2, 0.25) is 0 Å². The first kappa shape index (κ1) is 61.1. The van der Waals surface area contributed by atoms with Crippen molar-refractivity contribution >= 4 is 72.7 Å². The molecule has 75 heavy (non-hydrogen) atoms. The number of carbonyl (C=O) groups is 5. The minimum atomic E-state index is -0.478. The Bertz CT molecular complexity index is 2930. The molecule has 4 heterocycles. The number of Topliss-reactive ketones (excluding diaryl/α,β-unsaturated/α-hetero) is 4. The summed E-state index contributed by atoms with van der Waals surface area (Å²) in [6.07, 6.45) is 9.38. The van der Waals surface area contributed by atoms with Gasteiger partial charge in [0.05, 0.1) is 25.4 Å². The Kier molecular flexibility index (Phi) is 22.1. The van der Waals surface area contributed by atoms with Crippen LogP contribution in [-0.4, -0.2) is 128 Å². The van der Waals surface area contributed by atoms with Crippen LogP contribution < -0.4 is 14.8 Å². The summed E-state index contributed by atoms with van der Waals surface area (Å²) < 4.78 is 29.3. The van der Waals surface area contributed by atoms with E-state index >= 15 is 0 Å². The summed E-state index contributed by atoms with van der Waals surface area (Å²) in [6, 6.07) is 21.1. The van der Waals surface area contributed by atoms with Crippen LogP contribution in [0.2, 0.25) is 0 Å². The fourth-order valence-corrected chi connectivity index (χ4v) is 10.9. The zero-order chi connectivity index (χ0) is 49.8. The molecule has 404 valence electrons. The van der Waals surface area contributed by atoms with Crippen molar-refractivity contribution in [3.8, 4) is 11.5 Å². The number of fused-ring (bicyclic) bond motifs is 6. The van der Waals surface area contributed by atoms with Crippen LogP contribution in [-0.2, 0) is 66.0 Å². The minimum Gasteiger partial charge on any atom is -0.492 e.